The molecule has 0 saturated carbocycles. The highest BCUT2D eigenvalue weighted by atomic mass is 32.2. The molecule has 0 aromatic heterocycles. The summed E-state index contributed by atoms with van der Waals surface area (Å²) < 4.78 is 22.7. The van der Waals surface area contributed by atoms with E-state index in [4.69, 9.17) is 0 Å². The molecule has 3 heteroatoms. The van der Waals surface area contributed by atoms with E-state index in [0.29, 0.717) is 10.5 Å². The van der Waals surface area contributed by atoms with Gasteiger partial charge in [0.1, 0.15) is 0 Å². The third-order valence-corrected chi connectivity index (χ3v) is 3.40. The first-order valence-corrected chi connectivity index (χ1v) is 5.04. The molecule has 61 valence electrons. The van der Waals surface area contributed by atoms with Crippen molar-refractivity contribution in [3.63, 3.8) is 0 Å². The Balaban J connectivity index is 2.86. The molecule has 0 saturated heterocycles. The van der Waals surface area contributed by atoms with Crippen LogP contribution in [0.4, 0.5) is 0 Å². The van der Waals surface area contributed by atoms with Crippen LogP contribution in [0.2, 0.25) is 0 Å². The van der Waals surface area contributed by atoms with Crippen molar-refractivity contribution in [3.8, 4) is 0 Å². The molecule has 1 heterocycles. The van der Waals surface area contributed by atoms with Gasteiger partial charge >= 0.3 is 0 Å². The first-order valence-electron chi connectivity index (χ1n) is 3.49. The fourth-order valence-corrected chi connectivity index (χ4v) is 2.70. The van der Waals surface area contributed by atoms with Gasteiger partial charge in [-0.05, 0) is 24.1 Å². The van der Waals surface area contributed by atoms with Crippen molar-refractivity contribution in [3.05, 3.63) is 42.2 Å². The second-order valence-corrected chi connectivity index (χ2v) is 4.45. The number of benzene rings is 1. The Bertz CT molecular complexity index is 455. The Hall–Kier alpha value is -1.09. The van der Waals surface area contributed by atoms with E-state index < -0.39 is 9.84 Å². The first kappa shape index (κ1) is 7.55. The second kappa shape index (κ2) is 2.20. The number of hydrogen-bond acceptors (Lipinski definition) is 2. The van der Waals surface area contributed by atoms with Gasteiger partial charge in [-0.2, -0.15) is 0 Å². The Kier molecular flexibility index (Phi) is 1.38. The van der Waals surface area contributed by atoms with Crippen LogP contribution >= 0.6 is 0 Å². The maximum Gasteiger partial charge on any atom is 0.200 e. The Labute approximate surface area is 71.5 Å². The van der Waals surface area contributed by atoms with Crippen molar-refractivity contribution >= 4 is 15.4 Å². The number of fused-ring (bicyclic) bond motifs is 1. The summed E-state index contributed by atoms with van der Waals surface area (Å²) in [5, 5.41) is 1.21. The SMILES string of the molecule is [CH2]C1=CS(=O)(=O)c2ccccc21. The van der Waals surface area contributed by atoms with Crippen molar-refractivity contribution in [2.45, 2.75) is 4.90 Å². The van der Waals surface area contributed by atoms with Gasteiger partial charge in [-0.15, -0.1) is 0 Å². The highest BCUT2D eigenvalue weighted by molar-refractivity contribution is 7.95. The van der Waals surface area contributed by atoms with Crippen molar-refractivity contribution in [1.29, 1.82) is 0 Å². The smallest absolute Gasteiger partial charge is 0.200 e. The summed E-state index contributed by atoms with van der Waals surface area (Å²) in [6.07, 6.45) is 0. The van der Waals surface area contributed by atoms with Crippen LogP contribution in [0.3, 0.4) is 0 Å². The Morgan fingerprint density at radius 2 is 1.83 bits per heavy atom. The topological polar surface area (TPSA) is 34.1 Å². The van der Waals surface area contributed by atoms with Crippen LogP contribution in [-0.4, -0.2) is 8.42 Å². The zero-order valence-electron chi connectivity index (χ0n) is 6.32. The maximum atomic E-state index is 11.3. The zero-order chi connectivity index (χ0) is 8.77. The largest absolute Gasteiger partial charge is 0.219 e. The minimum atomic E-state index is -3.18. The monoisotopic (exact) mass is 179 g/mol. The molecule has 0 spiro atoms. The molecule has 2 rings (SSSR count). The summed E-state index contributed by atoms with van der Waals surface area (Å²) in [4.78, 5) is 0.370. The van der Waals surface area contributed by atoms with Gasteiger partial charge in [0.25, 0.3) is 0 Å². The van der Waals surface area contributed by atoms with Crippen molar-refractivity contribution in [2.24, 2.45) is 0 Å². The van der Waals surface area contributed by atoms with Gasteiger partial charge in [-0.1, -0.05) is 18.2 Å². The molecular formula is C9H7O2S. The van der Waals surface area contributed by atoms with E-state index in [1.54, 1.807) is 24.3 Å². The van der Waals surface area contributed by atoms with E-state index in [1.807, 2.05) is 0 Å². The van der Waals surface area contributed by atoms with Crippen molar-refractivity contribution in [1.82, 2.24) is 0 Å². The average Bonchev–Trinajstić information content (AvgIpc) is 2.25. The van der Waals surface area contributed by atoms with Gasteiger partial charge in [0.2, 0.25) is 9.84 Å². The van der Waals surface area contributed by atoms with Crippen molar-refractivity contribution < 1.29 is 8.42 Å². The van der Waals surface area contributed by atoms with Crippen LogP contribution in [0.1, 0.15) is 5.56 Å². The van der Waals surface area contributed by atoms with Crippen LogP contribution < -0.4 is 0 Å². The van der Waals surface area contributed by atoms with Crippen LogP contribution in [-0.2, 0) is 9.84 Å². The molecule has 1 radical (unpaired) electrons. The molecule has 1 aromatic carbocycles. The minimum Gasteiger partial charge on any atom is -0.219 e. The lowest BCUT2D eigenvalue weighted by Gasteiger charge is -1.96. The molecule has 1 aliphatic rings. The standard InChI is InChI=1S/C9H7O2S/c1-7-6-12(10,11)9-5-3-2-4-8(7)9/h2-6H,1H2. The lowest BCUT2D eigenvalue weighted by molar-refractivity contribution is 0.605. The van der Waals surface area contributed by atoms with Crippen LogP contribution in [0.25, 0.3) is 5.57 Å². The van der Waals surface area contributed by atoms with E-state index in [0.717, 1.165) is 5.56 Å². The summed E-state index contributed by atoms with van der Waals surface area (Å²) in [6.45, 7) is 3.66. The molecule has 0 bridgehead atoms. The first-order chi connectivity index (χ1) is 5.61. The van der Waals surface area contributed by atoms with E-state index >= 15 is 0 Å². The molecule has 0 amide bonds. The highest BCUT2D eigenvalue weighted by Gasteiger charge is 2.23. The molecule has 0 fully saturated rings. The molecule has 0 aliphatic carbocycles. The number of rotatable bonds is 0. The summed E-state index contributed by atoms with van der Waals surface area (Å²) in [5.74, 6) is 0. The third-order valence-electron chi connectivity index (χ3n) is 1.84. The van der Waals surface area contributed by atoms with E-state index in [1.165, 1.54) is 5.41 Å². The summed E-state index contributed by atoms with van der Waals surface area (Å²) in [5.41, 5.74) is 1.29. The molecule has 1 aliphatic heterocycles. The third kappa shape index (κ3) is 0.898. The van der Waals surface area contributed by atoms with Gasteiger partial charge in [0.05, 0.1) is 4.90 Å². The quantitative estimate of drug-likeness (QED) is 0.606. The van der Waals surface area contributed by atoms with Crippen LogP contribution in [0.15, 0.2) is 34.6 Å². The predicted molar refractivity (Wildman–Crippen MR) is 47.0 cm³/mol. The van der Waals surface area contributed by atoms with Gasteiger partial charge in [-0.25, -0.2) is 8.42 Å². The van der Waals surface area contributed by atoms with Gasteiger partial charge in [-0.3, -0.25) is 0 Å². The second-order valence-electron chi connectivity index (χ2n) is 2.68. The fraction of sp³-hybridized carbons (Fsp3) is 0. The fourth-order valence-electron chi connectivity index (χ4n) is 1.29. The Morgan fingerprint density at radius 1 is 1.17 bits per heavy atom. The molecular weight excluding hydrogens is 172 g/mol. The number of hydrogen-bond donors (Lipinski definition) is 0. The van der Waals surface area contributed by atoms with Crippen molar-refractivity contribution in [2.75, 3.05) is 0 Å². The van der Waals surface area contributed by atoms with Gasteiger partial charge < -0.3 is 0 Å². The number of allylic oxidation sites excluding steroid dienone is 1. The van der Waals surface area contributed by atoms with E-state index in [2.05, 4.69) is 6.92 Å². The predicted octanol–water partition coefficient (Wildman–Crippen LogP) is 1.65. The highest BCUT2D eigenvalue weighted by Crippen LogP contribution is 2.31. The van der Waals surface area contributed by atoms with Crippen LogP contribution in [0.5, 0.6) is 0 Å². The molecule has 0 N–H and O–H groups in total. The summed E-state index contributed by atoms with van der Waals surface area (Å²) >= 11 is 0. The molecule has 12 heavy (non-hydrogen) atoms. The Morgan fingerprint density at radius 3 is 2.50 bits per heavy atom. The normalized spacial score (nSPS) is 18.6. The molecule has 0 unspecified atom stereocenters. The summed E-state index contributed by atoms with van der Waals surface area (Å²) in [7, 11) is -3.18. The van der Waals surface area contributed by atoms with Gasteiger partial charge in [0.15, 0.2) is 0 Å². The molecule has 0 atom stereocenters. The lowest BCUT2D eigenvalue weighted by Crippen LogP contribution is -1.91. The van der Waals surface area contributed by atoms with Gasteiger partial charge in [0, 0.05) is 5.41 Å². The van der Waals surface area contributed by atoms with E-state index in [-0.39, 0.29) is 0 Å². The average molecular weight is 179 g/mol. The lowest BCUT2D eigenvalue weighted by atomic mass is 10.1. The zero-order valence-corrected chi connectivity index (χ0v) is 7.14. The number of sulfone groups is 1. The maximum absolute atomic E-state index is 11.3. The molecule has 1 aromatic rings. The minimum absolute atomic E-state index is 0.370. The van der Waals surface area contributed by atoms with E-state index in [9.17, 15) is 8.42 Å². The molecule has 2 nitrogen and oxygen atoms in total. The summed E-state index contributed by atoms with van der Waals surface area (Å²) in [6, 6.07) is 6.87. The van der Waals surface area contributed by atoms with Crippen LogP contribution in [0, 0.1) is 6.92 Å².